The van der Waals surface area contributed by atoms with E-state index in [0.29, 0.717) is 62.9 Å². The van der Waals surface area contributed by atoms with Crippen LogP contribution >= 0.6 is 0 Å². The van der Waals surface area contributed by atoms with Crippen LogP contribution in [0, 0.1) is 6.92 Å². The van der Waals surface area contributed by atoms with E-state index >= 15 is 0 Å². The Kier molecular flexibility index (Phi) is 21.2. The SMILES string of the molecule is Cc1ccnc(NCCCC(=O)NCC(=O)N[C@@H](CC(=O)O)c2ccc(-c3ccc(OCCOCCOCCOCCOCCN=[N+]=[N-])cc3OC(F)(F)F)cc2)c1. The average molecular weight is 820 g/mol. The molecule has 0 radical (unpaired) electrons. The molecule has 0 aliphatic heterocycles. The number of nitrogens with one attached hydrogen (secondary N) is 3. The van der Waals surface area contributed by atoms with Crippen molar-refractivity contribution in [2.75, 3.05) is 84.4 Å². The number of carboxylic acids is 1. The molecule has 1 atom stereocenters. The number of ether oxygens (including phenoxy) is 6. The Balaban J connectivity index is 1.45. The zero-order valence-corrected chi connectivity index (χ0v) is 32.0. The van der Waals surface area contributed by atoms with Crippen molar-refractivity contribution < 1.29 is 61.1 Å². The van der Waals surface area contributed by atoms with Gasteiger partial charge in [-0.3, -0.25) is 14.4 Å². The van der Waals surface area contributed by atoms with Crippen molar-refractivity contribution in [1.82, 2.24) is 15.6 Å². The fourth-order valence-electron chi connectivity index (χ4n) is 5.10. The van der Waals surface area contributed by atoms with Crippen molar-refractivity contribution in [1.29, 1.82) is 0 Å². The molecule has 3 aromatic rings. The van der Waals surface area contributed by atoms with Crippen LogP contribution in [0.3, 0.4) is 0 Å². The number of aryl methyl sites for hydroxylation is 1. The van der Waals surface area contributed by atoms with Gasteiger partial charge in [0.25, 0.3) is 0 Å². The van der Waals surface area contributed by atoms with Crippen molar-refractivity contribution in [3.05, 3.63) is 82.4 Å². The maximum Gasteiger partial charge on any atom is 0.573 e. The summed E-state index contributed by atoms with van der Waals surface area (Å²) in [6, 6.07) is 12.6. The van der Waals surface area contributed by atoms with E-state index in [0.717, 1.165) is 11.6 Å². The van der Waals surface area contributed by atoms with E-state index in [1.807, 2.05) is 19.1 Å². The molecule has 4 N–H and O–H groups in total. The number of carbonyl (C=O) groups excluding carboxylic acids is 2. The van der Waals surface area contributed by atoms with Crippen LogP contribution in [0.1, 0.15) is 36.4 Å². The third kappa shape index (κ3) is 20.0. The van der Waals surface area contributed by atoms with E-state index < -0.39 is 36.5 Å². The Bertz CT molecular complexity index is 1760. The highest BCUT2D eigenvalue weighted by atomic mass is 19.4. The molecule has 0 bridgehead atoms. The summed E-state index contributed by atoms with van der Waals surface area (Å²) in [6.45, 7) is 4.75. The third-order valence-corrected chi connectivity index (χ3v) is 7.78. The second-order valence-electron chi connectivity index (χ2n) is 12.3. The number of carboxylic acid groups (broad SMARTS) is 1. The normalized spacial score (nSPS) is 11.6. The predicted molar refractivity (Wildman–Crippen MR) is 204 cm³/mol. The maximum atomic E-state index is 13.4. The van der Waals surface area contributed by atoms with E-state index in [4.69, 9.17) is 29.2 Å². The highest BCUT2D eigenvalue weighted by molar-refractivity contribution is 5.85. The molecule has 17 nitrogen and oxygen atoms in total. The number of carbonyl (C=O) groups is 3. The quantitative estimate of drug-likeness (QED) is 0.0301. The molecule has 0 saturated heterocycles. The number of azide groups is 1. The summed E-state index contributed by atoms with van der Waals surface area (Å²) in [5.41, 5.74) is 10.00. The van der Waals surface area contributed by atoms with E-state index in [-0.39, 0.29) is 63.2 Å². The van der Waals surface area contributed by atoms with E-state index in [9.17, 15) is 32.7 Å². The fraction of sp³-hybridized carbons (Fsp3) is 0.474. The highest BCUT2D eigenvalue weighted by Gasteiger charge is 2.32. The molecule has 3 rings (SSSR count). The number of alkyl halides is 3. The van der Waals surface area contributed by atoms with E-state index in [1.54, 1.807) is 6.20 Å². The average Bonchev–Trinajstić information content (AvgIpc) is 3.18. The number of hydrogen-bond donors (Lipinski definition) is 4. The summed E-state index contributed by atoms with van der Waals surface area (Å²) in [7, 11) is 0. The predicted octanol–water partition coefficient (Wildman–Crippen LogP) is 5.35. The third-order valence-electron chi connectivity index (χ3n) is 7.78. The lowest BCUT2D eigenvalue weighted by Gasteiger charge is -2.19. The van der Waals surface area contributed by atoms with Gasteiger partial charge in [-0.1, -0.05) is 29.4 Å². The molecule has 316 valence electrons. The Hall–Kier alpha value is -5.66. The molecule has 0 unspecified atom stereocenters. The molecule has 0 aliphatic rings. The molecule has 0 fully saturated rings. The second-order valence-corrected chi connectivity index (χ2v) is 12.3. The molecule has 0 saturated carbocycles. The first-order valence-corrected chi connectivity index (χ1v) is 18.3. The standard InChI is InChI=1S/C38H48F3N7O10/c1-27-10-12-44-34(23-27)43-11-2-3-35(49)45-26-36(50)47-32(25-37(51)52)29-6-4-28(5-7-29)31-9-8-30(24-33(31)58-38(39,40)41)57-22-21-56-20-19-55-18-17-54-16-15-53-14-13-46-48-42/h4-10,12,23-24,32H,2-3,11,13-22,25-26H2,1H3,(H,43,44)(H,45,49)(H,47,50)(H,51,52)/t32-/m0/s1. The Labute approximate surface area is 333 Å². The van der Waals surface area contributed by atoms with Crippen LogP contribution in [0.4, 0.5) is 19.0 Å². The number of benzene rings is 2. The molecule has 0 spiro atoms. The molecule has 20 heteroatoms. The monoisotopic (exact) mass is 819 g/mol. The lowest BCUT2D eigenvalue weighted by molar-refractivity contribution is -0.274. The van der Waals surface area contributed by atoms with Crippen LogP contribution in [0.15, 0.2) is 65.9 Å². The van der Waals surface area contributed by atoms with Crippen LogP contribution in [0.2, 0.25) is 0 Å². The van der Waals surface area contributed by atoms with Gasteiger partial charge in [-0.15, -0.1) is 13.2 Å². The van der Waals surface area contributed by atoms with Gasteiger partial charge in [0, 0.05) is 42.2 Å². The summed E-state index contributed by atoms with van der Waals surface area (Å²) >= 11 is 0. The van der Waals surface area contributed by atoms with Crippen LogP contribution in [-0.4, -0.2) is 113 Å². The lowest BCUT2D eigenvalue weighted by atomic mass is 9.98. The van der Waals surface area contributed by atoms with Gasteiger partial charge >= 0.3 is 12.3 Å². The highest BCUT2D eigenvalue weighted by Crippen LogP contribution is 2.37. The minimum Gasteiger partial charge on any atom is -0.491 e. The lowest BCUT2D eigenvalue weighted by Crippen LogP contribution is -2.39. The summed E-state index contributed by atoms with van der Waals surface area (Å²) in [6.07, 6.45) is -3.20. The van der Waals surface area contributed by atoms with Gasteiger partial charge in [-0.25, -0.2) is 4.98 Å². The molecule has 2 amide bonds. The van der Waals surface area contributed by atoms with Gasteiger partial charge in [-0.2, -0.15) is 0 Å². The first kappa shape index (κ1) is 46.7. The second kappa shape index (κ2) is 26.3. The van der Waals surface area contributed by atoms with Crippen molar-refractivity contribution in [2.24, 2.45) is 5.11 Å². The molecular formula is C38H48F3N7O10. The minimum atomic E-state index is -5.01. The number of nitrogens with zero attached hydrogens (tertiary/aromatic N) is 4. The first-order chi connectivity index (χ1) is 27.9. The molecule has 2 aromatic carbocycles. The molecular weight excluding hydrogens is 771 g/mol. The molecule has 1 aromatic heterocycles. The molecule has 1 heterocycles. The minimum absolute atomic E-state index is 0.0343. The zero-order chi connectivity index (χ0) is 42.0. The van der Waals surface area contributed by atoms with Crippen LogP contribution in [0.25, 0.3) is 21.6 Å². The van der Waals surface area contributed by atoms with E-state index in [1.165, 1.54) is 36.4 Å². The number of hydrogen-bond acceptors (Lipinski definition) is 12. The van der Waals surface area contributed by atoms with Crippen LogP contribution < -0.4 is 25.4 Å². The number of rotatable bonds is 29. The number of pyridine rings is 1. The topological polar surface area (TPSA) is 225 Å². The maximum absolute atomic E-state index is 13.4. The zero-order valence-electron chi connectivity index (χ0n) is 32.0. The largest absolute Gasteiger partial charge is 0.573 e. The number of aromatic nitrogens is 1. The van der Waals surface area contributed by atoms with Gasteiger partial charge in [0.05, 0.1) is 71.9 Å². The molecule has 58 heavy (non-hydrogen) atoms. The van der Waals surface area contributed by atoms with Gasteiger partial charge < -0.3 is 49.5 Å². The summed E-state index contributed by atoms with van der Waals surface area (Å²) in [5, 5.41) is 21.1. The van der Waals surface area contributed by atoms with Gasteiger partial charge in [0.1, 0.15) is 23.9 Å². The van der Waals surface area contributed by atoms with Crippen LogP contribution in [0.5, 0.6) is 11.5 Å². The number of halogens is 3. The van der Waals surface area contributed by atoms with Crippen molar-refractivity contribution in [2.45, 2.75) is 38.6 Å². The Morgan fingerprint density at radius 3 is 2.16 bits per heavy atom. The smallest absolute Gasteiger partial charge is 0.491 e. The summed E-state index contributed by atoms with van der Waals surface area (Å²) in [5.74, 6) is -1.93. The number of aliphatic carboxylic acids is 1. The fourth-order valence-corrected chi connectivity index (χ4v) is 5.10. The van der Waals surface area contributed by atoms with Crippen molar-refractivity contribution in [3.8, 4) is 22.6 Å². The Morgan fingerprint density at radius 1 is 0.879 bits per heavy atom. The summed E-state index contributed by atoms with van der Waals surface area (Å²) < 4.78 is 71.5. The van der Waals surface area contributed by atoms with Crippen molar-refractivity contribution >= 4 is 23.6 Å². The molecule has 0 aliphatic carbocycles. The number of anilines is 1. The first-order valence-electron chi connectivity index (χ1n) is 18.3. The van der Waals surface area contributed by atoms with E-state index in [2.05, 4.69) is 35.7 Å². The van der Waals surface area contributed by atoms with Crippen LogP contribution in [-0.2, 0) is 33.3 Å². The number of amides is 2. The van der Waals surface area contributed by atoms with Crippen molar-refractivity contribution in [3.63, 3.8) is 0 Å². The van der Waals surface area contributed by atoms with Gasteiger partial charge in [-0.05, 0) is 59.8 Å². The van der Waals surface area contributed by atoms with Gasteiger partial charge in [0.2, 0.25) is 11.8 Å². The van der Waals surface area contributed by atoms with Gasteiger partial charge in [0.15, 0.2) is 0 Å². The Morgan fingerprint density at radius 2 is 1.53 bits per heavy atom. The summed E-state index contributed by atoms with van der Waals surface area (Å²) in [4.78, 5) is 43.4.